The Morgan fingerprint density at radius 3 is 2.73 bits per heavy atom. The standard InChI is InChI=1S/C11H17N3O/c1-13-7-8-14(2)10-6-4-3-5-9(10)11(12)15/h3-6,13H,7-8H2,1-2H3,(H2,12,15). The lowest BCUT2D eigenvalue weighted by Gasteiger charge is -2.21. The van der Waals surface area contributed by atoms with Crippen molar-refractivity contribution in [2.75, 3.05) is 32.1 Å². The Kier molecular flexibility index (Phi) is 4.12. The van der Waals surface area contributed by atoms with E-state index in [1.807, 2.05) is 37.2 Å². The van der Waals surface area contributed by atoms with E-state index in [0.717, 1.165) is 18.8 Å². The lowest BCUT2D eigenvalue weighted by molar-refractivity contribution is 0.100. The number of likely N-dealkylation sites (N-methyl/N-ethyl adjacent to an activating group) is 2. The number of nitrogens with zero attached hydrogens (tertiary/aromatic N) is 1. The van der Waals surface area contributed by atoms with Crippen LogP contribution in [-0.2, 0) is 0 Å². The maximum atomic E-state index is 11.2. The average molecular weight is 207 g/mol. The van der Waals surface area contributed by atoms with Crippen LogP contribution in [0.2, 0.25) is 0 Å². The molecule has 0 aliphatic rings. The predicted octanol–water partition coefficient (Wildman–Crippen LogP) is 0.441. The first-order chi connectivity index (χ1) is 7.16. The highest BCUT2D eigenvalue weighted by Crippen LogP contribution is 2.17. The van der Waals surface area contributed by atoms with Gasteiger partial charge >= 0.3 is 0 Å². The predicted molar refractivity (Wildman–Crippen MR) is 62.2 cm³/mol. The van der Waals surface area contributed by atoms with Crippen LogP contribution in [0.25, 0.3) is 0 Å². The molecular weight excluding hydrogens is 190 g/mol. The second-order valence-corrected chi connectivity index (χ2v) is 3.41. The molecule has 1 amide bonds. The molecule has 0 fully saturated rings. The summed E-state index contributed by atoms with van der Waals surface area (Å²) in [6, 6.07) is 7.36. The van der Waals surface area contributed by atoms with E-state index in [9.17, 15) is 4.79 Å². The van der Waals surface area contributed by atoms with Gasteiger partial charge in [-0.15, -0.1) is 0 Å². The summed E-state index contributed by atoms with van der Waals surface area (Å²) in [5.41, 5.74) is 6.74. The topological polar surface area (TPSA) is 58.4 Å². The number of rotatable bonds is 5. The summed E-state index contributed by atoms with van der Waals surface area (Å²) >= 11 is 0. The fraction of sp³-hybridized carbons (Fsp3) is 0.364. The van der Waals surface area contributed by atoms with Gasteiger partial charge in [-0.1, -0.05) is 12.1 Å². The number of carbonyl (C=O) groups is 1. The summed E-state index contributed by atoms with van der Waals surface area (Å²) in [6.07, 6.45) is 0. The van der Waals surface area contributed by atoms with Crippen LogP contribution >= 0.6 is 0 Å². The van der Waals surface area contributed by atoms with Crippen LogP contribution in [-0.4, -0.2) is 33.1 Å². The number of benzene rings is 1. The first-order valence-electron chi connectivity index (χ1n) is 4.91. The fourth-order valence-electron chi connectivity index (χ4n) is 1.41. The molecule has 0 bridgehead atoms. The van der Waals surface area contributed by atoms with Crippen molar-refractivity contribution in [3.63, 3.8) is 0 Å². The zero-order valence-corrected chi connectivity index (χ0v) is 9.16. The second kappa shape index (κ2) is 5.36. The van der Waals surface area contributed by atoms with E-state index >= 15 is 0 Å². The summed E-state index contributed by atoms with van der Waals surface area (Å²) in [7, 11) is 3.84. The van der Waals surface area contributed by atoms with E-state index in [1.165, 1.54) is 0 Å². The highest BCUT2D eigenvalue weighted by Gasteiger charge is 2.09. The maximum Gasteiger partial charge on any atom is 0.250 e. The quantitative estimate of drug-likeness (QED) is 0.736. The summed E-state index contributed by atoms with van der Waals surface area (Å²) < 4.78 is 0. The molecule has 1 aromatic carbocycles. The number of hydrogen-bond acceptors (Lipinski definition) is 3. The van der Waals surface area contributed by atoms with E-state index in [2.05, 4.69) is 5.32 Å². The second-order valence-electron chi connectivity index (χ2n) is 3.41. The van der Waals surface area contributed by atoms with Gasteiger partial charge in [-0.25, -0.2) is 0 Å². The molecule has 0 aliphatic heterocycles. The molecule has 4 nitrogen and oxygen atoms in total. The number of primary amides is 1. The van der Waals surface area contributed by atoms with E-state index < -0.39 is 0 Å². The van der Waals surface area contributed by atoms with Crippen molar-refractivity contribution in [3.05, 3.63) is 29.8 Å². The van der Waals surface area contributed by atoms with E-state index in [0.29, 0.717) is 5.56 Å². The third kappa shape index (κ3) is 2.95. The number of para-hydroxylation sites is 1. The van der Waals surface area contributed by atoms with Crippen molar-refractivity contribution in [1.29, 1.82) is 0 Å². The van der Waals surface area contributed by atoms with Crippen LogP contribution in [0.4, 0.5) is 5.69 Å². The Balaban J connectivity index is 2.87. The van der Waals surface area contributed by atoms with Gasteiger partial charge in [0.2, 0.25) is 0 Å². The molecular formula is C11H17N3O. The molecule has 0 aromatic heterocycles. The Labute approximate surface area is 90.1 Å². The molecule has 1 aromatic rings. The van der Waals surface area contributed by atoms with Crippen LogP contribution in [0.3, 0.4) is 0 Å². The first-order valence-corrected chi connectivity index (χ1v) is 4.91. The van der Waals surface area contributed by atoms with Crippen molar-refractivity contribution in [2.45, 2.75) is 0 Å². The van der Waals surface area contributed by atoms with Crippen molar-refractivity contribution in [3.8, 4) is 0 Å². The molecule has 0 spiro atoms. The SMILES string of the molecule is CNCCN(C)c1ccccc1C(N)=O. The minimum atomic E-state index is -0.387. The molecule has 0 heterocycles. The lowest BCUT2D eigenvalue weighted by Crippen LogP contribution is -2.29. The number of amides is 1. The van der Waals surface area contributed by atoms with Crippen molar-refractivity contribution < 1.29 is 4.79 Å². The normalized spacial score (nSPS) is 10.0. The molecule has 4 heteroatoms. The Morgan fingerprint density at radius 2 is 2.13 bits per heavy atom. The third-order valence-corrected chi connectivity index (χ3v) is 2.28. The minimum Gasteiger partial charge on any atom is -0.373 e. The van der Waals surface area contributed by atoms with Gasteiger partial charge < -0.3 is 16.0 Å². The minimum absolute atomic E-state index is 0.387. The van der Waals surface area contributed by atoms with Gasteiger partial charge in [-0.3, -0.25) is 4.79 Å². The van der Waals surface area contributed by atoms with Gasteiger partial charge in [0, 0.05) is 25.8 Å². The molecule has 82 valence electrons. The van der Waals surface area contributed by atoms with Crippen LogP contribution < -0.4 is 16.0 Å². The van der Waals surface area contributed by atoms with Crippen LogP contribution in [0.5, 0.6) is 0 Å². The average Bonchev–Trinajstić information content (AvgIpc) is 2.25. The van der Waals surface area contributed by atoms with Gasteiger partial charge in [-0.2, -0.15) is 0 Å². The molecule has 15 heavy (non-hydrogen) atoms. The largest absolute Gasteiger partial charge is 0.373 e. The number of nitrogens with two attached hydrogens (primary N) is 1. The zero-order valence-electron chi connectivity index (χ0n) is 9.16. The smallest absolute Gasteiger partial charge is 0.250 e. The maximum absolute atomic E-state index is 11.2. The van der Waals surface area contributed by atoms with Gasteiger partial charge in [0.1, 0.15) is 0 Å². The molecule has 0 radical (unpaired) electrons. The van der Waals surface area contributed by atoms with Crippen molar-refractivity contribution in [1.82, 2.24) is 5.32 Å². The fourth-order valence-corrected chi connectivity index (χ4v) is 1.41. The van der Waals surface area contributed by atoms with Gasteiger partial charge in [0.05, 0.1) is 5.56 Å². The molecule has 3 N–H and O–H groups in total. The third-order valence-electron chi connectivity index (χ3n) is 2.28. The summed E-state index contributed by atoms with van der Waals surface area (Å²) in [4.78, 5) is 13.2. The van der Waals surface area contributed by atoms with Crippen molar-refractivity contribution in [2.24, 2.45) is 5.73 Å². The monoisotopic (exact) mass is 207 g/mol. The van der Waals surface area contributed by atoms with Crippen LogP contribution in [0, 0.1) is 0 Å². The summed E-state index contributed by atoms with van der Waals surface area (Å²) in [6.45, 7) is 1.70. The summed E-state index contributed by atoms with van der Waals surface area (Å²) in [5, 5.41) is 3.06. The highest BCUT2D eigenvalue weighted by molar-refractivity contribution is 5.98. The highest BCUT2D eigenvalue weighted by atomic mass is 16.1. The Hall–Kier alpha value is -1.55. The van der Waals surface area contributed by atoms with Gasteiger partial charge in [0.25, 0.3) is 5.91 Å². The number of carbonyl (C=O) groups excluding carboxylic acids is 1. The van der Waals surface area contributed by atoms with Crippen molar-refractivity contribution >= 4 is 11.6 Å². The molecule has 0 saturated heterocycles. The molecule has 0 unspecified atom stereocenters. The van der Waals surface area contributed by atoms with Gasteiger partial charge in [0.15, 0.2) is 0 Å². The number of anilines is 1. The van der Waals surface area contributed by atoms with E-state index in [4.69, 9.17) is 5.73 Å². The number of nitrogens with one attached hydrogen (secondary N) is 1. The number of hydrogen-bond donors (Lipinski definition) is 2. The molecule has 0 atom stereocenters. The molecule has 0 saturated carbocycles. The first kappa shape index (κ1) is 11.5. The Bertz CT molecular complexity index is 338. The molecule has 0 aliphatic carbocycles. The van der Waals surface area contributed by atoms with Crippen LogP contribution in [0.1, 0.15) is 10.4 Å². The Morgan fingerprint density at radius 1 is 1.47 bits per heavy atom. The lowest BCUT2D eigenvalue weighted by atomic mass is 10.1. The molecule has 1 rings (SSSR count). The van der Waals surface area contributed by atoms with E-state index in [1.54, 1.807) is 6.07 Å². The van der Waals surface area contributed by atoms with Crippen LogP contribution in [0.15, 0.2) is 24.3 Å². The zero-order chi connectivity index (χ0) is 11.3. The van der Waals surface area contributed by atoms with Gasteiger partial charge in [-0.05, 0) is 19.2 Å². The van der Waals surface area contributed by atoms with E-state index in [-0.39, 0.29) is 5.91 Å². The summed E-state index contributed by atoms with van der Waals surface area (Å²) in [5.74, 6) is -0.387.